The van der Waals surface area contributed by atoms with Crippen LogP contribution in [-0.4, -0.2) is 31.9 Å². The smallest absolute Gasteiger partial charge is 0.259 e. The summed E-state index contributed by atoms with van der Waals surface area (Å²) < 4.78 is 0. The van der Waals surface area contributed by atoms with Crippen molar-refractivity contribution in [3.05, 3.63) is 213 Å². The molecule has 1 aliphatic rings. The first-order valence-corrected chi connectivity index (χ1v) is 26.9. The van der Waals surface area contributed by atoms with Crippen LogP contribution in [0.4, 0.5) is 34.1 Å². The second-order valence-corrected chi connectivity index (χ2v) is 21.0. The Labute approximate surface area is 471 Å². The molecule has 0 saturated heterocycles. The van der Waals surface area contributed by atoms with Crippen LogP contribution in [0.25, 0.3) is 87.1 Å². The van der Waals surface area contributed by atoms with Gasteiger partial charge in [-0.2, -0.15) is 5.11 Å². The lowest BCUT2D eigenvalue weighted by Gasteiger charge is -2.20. The van der Waals surface area contributed by atoms with Crippen LogP contribution in [-0.2, 0) is 17.9 Å². The molecular weight excluding hydrogens is 1060 g/mol. The first-order valence-electron chi connectivity index (χ1n) is 26.2. The number of hydrogen-bond donors (Lipinski definition) is 6. The van der Waals surface area contributed by atoms with Gasteiger partial charge < -0.3 is 25.5 Å². The molecule has 11 aromatic carbocycles. The zero-order valence-electron chi connectivity index (χ0n) is 43.2. The first-order chi connectivity index (χ1) is 39.5. The van der Waals surface area contributed by atoms with Crippen LogP contribution in [0.1, 0.15) is 49.9 Å². The van der Waals surface area contributed by atoms with Gasteiger partial charge in [-0.25, -0.2) is 0 Å². The van der Waals surface area contributed by atoms with Gasteiger partial charge in [-0.05, 0) is 125 Å². The molecule has 0 aliphatic heterocycles. The van der Waals surface area contributed by atoms with E-state index >= 15 is 0 Å². The maximum atomic E-state index is 14.8. The minimum absolute atomic E-state index is 0.00882. The maximum Gasteiger partial charge on any atom is 0.259 e. The minimum Gasteiger partial charge on any atom is -0.505 e. The van der Waals surface area contributed by atoms with Crippen LogP contribution in [0.3, 0.4) is 0 Å². The summed E-state index contributed by atoms with van der Waals surface area (Å²) in [6.45, 7) is 3.97. The molecule has 0 unspecified atom stereocenters. The number of phenolic OH excluding ortho intramolecular Hbond substituents is 2. The fourth-order valence-corrected chi connectivity index (χ4v) is 11.8. The van der Waals surface area contributed by atoms with Gasteiger partial charge in [0, 0.05) is 86.5 Å². The summed E-state index contributed by atoms with van der Waals surface area (Å²) in [5.41, 5.74) is 13.5. The van der Waals surface area contributed by atoms with Gasteiger partial charge in [0.25, 0.3) is 5.91 Å². The van der Waals surface area contributed by atoms with E-state index in [0.717, 1.165) is 72.3 Å². The Morgan fingerprint density at radius 3 is 1.93 bits per heavy atom. The van der Waals surface area contributed by atoms with Crippen LogP contribution < -0.4 is 10.8 Å². The number of rotatable bonds is 11. The Bertz CT molecular complexity index is 4950. The van der Waals surface area contributed by atoms with Crippen molar-refractivity contribution in [2.24, 2.45) is 20.5 Å². The third-order valence-corrected chi connectivity index (χ3v) is 15.9. The molecule has 2 heterocycles. The van der Waals surface area contributed by atoms with Crippen LogP contribution in [0.15, 0.2) is 190 Å². The molecule has 0 spiro atoms. The zero-order chi connectivity index (χ0) is 55.2. The number of amides is 1. The molecule has 2 aromatic heterocycles. The quantitative estimate of drug-likeness (QED) is 0.0552. The third kappa shape index (κ3) is 8.28. The molecule has 6 N–H and O–H groups in total. The number of aromatic amines is 2. The van der Waals surface area contributed by atoms with E-state index in [4.69, 9.17) is 48.5 Å². The lowest BCUT2D eigenvalue weighted by molar-refractivity contribution is 0.102. The number of aromatic hydroxyl groups is 2. The molecule has 0 bridgehead atoms. The molecule has 13 aromatic rings. The fraction of sp³-hybridized carbons (Fsp3) is 0.0606. The lowest BCUT2D eigenvalue weighted by Crippen LogP contribution is -2.13. The number of aryl methyl sites for hydroxylation is 2. The molecule has 392 valence electrons. The summed E-state index contributed by atoms with van der Waals surface area (Å²) in [6, 6.07) is 52.5. The molecule has 0 radical (unpaired) electrons. The summed E-state index contributed by atoms with van der Waals surface area (Å²) >= 11 is 12.9. The van der Waals surface area contributed by atoms with E-state index in [9.17, 15) is 19.8 Å². The predicted octanol–water partition coefficient (Wildman–Crippen LogP) is 18.8. The number of fused-ring (bicyclic) bond motifs is 12. The highest BCUT2D eigenvalue weighted by Gasteiger charge is 2.28. The van der Waals surface area contributed by atoms with Gasteiger partial charge in [0.05, 0.1) is 33.7 Å². The summed E-state index contributed by atoms with van der Waals surface area (Å²) in [5.74, 6) is -1.21. The van der Waals surface area contributed by atoms with Crippen LogP contribution in [0.2, 0.25) is 10.0 Å². The molecule has 0 saturated carbocycles. The molecule has 15 heteroatoms. The molecule has 0 fully saturated rings. The number of azo groups is 2. The van der Waals surface area contributed by atoms with Gasteiger partial charge >= 0.3 is 0 Å². The Morgan fingerprint density at radius 2 is 1.21 bits per heavy atom. The fourth-order valence-electron chi connectivity index (χ4n) is 11.4. The number of phenols is 2. The highest BCUT2D eigenvalue weighted by Crippen LogP contribution is 2.49. The van der Waals surface area contributed by atoms with Crippen molar-refractivity contribution in [2.45, 2.75) is 26.9 Å². The normalized spacial score (nSPS) is 12.4. The number of aromatic nitrogens is 2. The second kappa shape index (κ2) is 19.5. The number of hydrogen-bond acceptors (Lipinski definition) is 10. The molecular formula is C66H44Cl2N8O5. The number of carbonyl (C=O) groups excluding carboxylic acids is 2. The number of halogens is 2. The molecule has 13 nitrogen and oxygen atoms in total. The number of carbonyl (C=O) groups is 2. The number of benzene rings is 11. The van der Waals surface area contributed by atoms with Crippen molar-refractivity contribution < 1.29 is 24.6 Å². The summed E-state index contributed by atoms with van der Waals surface area (Å²) in [7, 11) is 0. The van der Waals surface area contributed by atoms with E-state index in [2.05, 4.69) is 27.7 Å². The second-order valence-electron chi connectivity index (χ2n) is 20.1. The van der Waals surface area contributed by atoms with E-state index in [-0.39, 0.29) is 40.8 Å². The van der Waals surface area contributed by atoms with E-state index in [1.165, 1.54) is 0 Å². The van der Waals surface area contributed by atoms with Gasteiger partial charge in [0.15, 0.2) is 11.5 Å². The average molecular weight is 1100 g/mol. The summed E-state index contributed by atoms with van der Waals surface area (Å²) in [4.78, 5) is 41.9. The molecule has 0 atom stereocenters. The van der Waals surface area contributed by atoms with E-state index in [1.807, 2.05) is 134 Å². The van der Waals surface area contributed by atoms with E-state index in [0.29, 0.717) is 81.8 Å². The Kier molecular flexibility index (Phi) is 11.9. The predicted molar refractivity (Wildman–Crippen MR) is 325 cm³/mol. The van der Waals surface area contributed by atoms with Gasteiger partial charge in [0.1, 0.15) is 23.7 Å². The zero-order valence-corrected chi connectivity index (χ0v) is 44.8. The van der Waals surface area contributed by atoms with Gasteiger partial charge in [-0.15, -0.1) is 15.3 Å². The van der Waals surface area contributed by atoms with Crippen molar-refractivity contribution in [3.63, 3.8) is 0 Å². The number of nitrogens with zero attached hydrogens (tertiary/aromatic N) is 4. The SMILES string of the molecule is CCc1ccccc1NOCc1cc2ccc3c4cc(Cl)ccc4[nH]c3c2c(N=Nc2ccc3c(c2)C(=O)c2cccc4c(N=Nc5c(O)c(C(=O)Nc6ccccc6C)cc6ccc7c8cc(Cl)ccc8[nH]c7c56)ccc-3c24)c1O. The average Bonchev–Trinajstić information content (AvgIpc) is 4.04. The van der Waals surface area contributed by atoms with Crippen LogP contribution in [0.5, 0.6) is 11.5 Å². The van der Waals surface area contributed by atoms with E-state index in [1.54, 1.807) is 42.5 Å². The van der Waals surface area contributed by atoms with Crippen molar-refractivity contribution >= 4 is 145 Å². The Hall–Kier alpha value is -9.92. The Balaban J connectivity index is 0.846. The number of para-hydroxylation sites is 2. The van der Waals surface area contributed by atoms with Crippen molar-refractivity contribution in [2.75, 3.05) is 10.8 Å². The topological polar surface area (TPSA) is 189 Å². The molecule has 81 heavy (non-hydrogen) atoms. The van der Waals surface area contributed by atoms with Crippen molar-refractivity contribution in [1.82, 2.24) is 9.97 Å². The minimum atomic E-state index is -0.519. The highest BCUT2D eigenvalue weighted by molar-refractivity contribution is 6.33. The summed E-state index contributed by atoms with van der Waals surface area (Å²) in [6.07, 6.45) is 0.808. The van der Waals surface area contributed by atoms with E-state index < -0.39 is 5.91 Å². The maximum absolute atomic E-state index is 14.8. The van der Waals surface area contributed by atoms with Crippen LogP contribution >= 0.6 is 23.2 Å². The molecule has 1 amide bonds. The monoisotopic (exact) mass is 1100 g/mol. The Morgan fingerprint density at radius 1 is 0.556 bits per heavy atom. The first kappa shape index (κ1) is 49.4. The molecule has 14 rings (SSSR count). The largest absolute Gasteiger partial charge is 0.505 e. The number of anilines is 2. The van der Waals surface area contributed by atoms with Gasteiger partial charge in [-0.1, -0.05) is 121 Å². The van der Waals surface area contributed by atoms with Gasteiger partial charge in [-0.3, -0.25) is 19.9 Å². The number of ketones is 1. The molecule has 1 aliphatic carbocycles. The van der Waals surface area contributed by atoms with Gasteiger partial charge in [0.2, 0.25) is 0 Å². The summed E-state index contributed by atoms with van der Waals surface area (Å²) in [5, 5.41) is 55.0. The number of H-pyrrole nitrogens is 2. The number of nitrogens with one attached hydrogen (secondary N) is 4. The van der Waals surface area contributed by atoms with Crippen molar-refractivity contribution in [3.8, 4) is 22.6 Å². The highest BCUT2D eigenvalue weighted by atomic mass is 35.5. The lowest BCUT2D eigenvalue weighted by atomic mass is 9.82. The third-order valence-electron chi connectivity index (χ3n) is 15.4. The van der Waals surface area contributed by atoms with Crippen molar-refractivity contribution in [1.29, 1.82) is 0 Å². The standard InChI is InChI=1S/C66H44Cl2N8O5/c1-3-34-10-5-7-14-52(34)76-81-32-37-27-35-15-20-43-47-29-38(67)17-24-53(47)69-59(43)56(35)61(63(37)77)74-72-40-19-22-41-42-23-26-55(45-11-8-12-46(58(42)45)64(78)49(41)31-40)73-75-62-57-36(16-21-44-48-30-39(68)18-25-54(48)70-60(44)57)28-50(65(62)79)66(80)71-51-13-6-4-9-33(51)2/h4-31,69-70,76-77,79H,3,32H2,1-2H3,(H,71,80). The van der Waals surface area contributed by atoms with Crippen LogP contribution in [0, 0.1) is 6.92 Å².